The number of hydrogen-bond acceptors (Lipinski definition) is 6. The lowest BCUT2D eigenvalue weighted by Crippen LogP contribution is -2.41. The summed E-state index contributed by atoms with van der Waals surface area (Å²) in [6.07, 6.45) is 0.629. The molecule has 32 heavy (non-hydrogen) atoms. The molecule has 162 valence electrons. The van der Waals surface area contributed by atoms with Gasteiger partial charge in [0.05, 0.1) is 30.3 Å². The molecule has 7 heteroatoms. The Morgan fingerprint density at radius 2 is 1.62 bits per heavy atom. The van der Waals surface area contributed by atoms with Gasteiger partial charge in [-0.25, -0.2) is 0 Å². The van der Waals surface area contributed by atoms with Crippen molar-refractivity contribution in [1.29, 1.82) is 0 Å². The zero-order valence-electron chi connectivity index (χ0n) is 17.7. The lowest BCUT2D eigenvalue weighted by atomic mass is 9.71. The minimum absolute atomic E-state index is 0.00596. The van der Waals surface area contributed by atoms with E-state index in [4.69, 9.17) is 9.57 Å². The number of imide groups is 1. The molecule has 2 aliphatic carbocycles. The molecule has 2 saturated carbocycles. The first-order valence-electron chi connectivity index (χ1n) is 10.9. The van der Waals surface area contributed by atoms with Crippen LogP contribution in [0.1, 0.15) is 29.3 Å². The number of carbonyl (C=O) groups excluding carboxylic acids is 3. The van der Waals surface area contributed by atoms with E-state index in [1.807, 2.05) is 24.3 Å². The Balaban J connectivity index is 1.30. The number of ketones is 1. The highest BCUT2D eigenvalue weighted by Crippen LogP contribution is 2.62. The van der Waals surface area contributed by atoms with Gasteiger partial charge in [0.15, 0.2) is 5.78 Å². The minimum Gasteiger partial charge on any atom is -0.497 e. The molecule has 2 aromatic rings. The zero-order valence-corrected chi connectivity index (χ0v) is 17.7. The summed E-state index contributed by atoms with van der Waals surface area (Å²) < 4.78 is 5.25. The number of benzene rings is 2. The van der Waals surface area contributed by atoms with Gasteiger partial charge in [0.25, 0.3) is 0 Å². The van der Waals surface area contributed by atoms with Crippen molar-refractivity contribution in [3.05, 3.63) is 59.7 Å². The summed E-state index contributed by atoms with van der Waals surface area (Å²) in [6.45, 7) is 1.49. The summed E-state index contributed by atoms with van der Waals surface area (Å²) >= 11 is 0. The fourth-order valence-corrected chi connectivity index (χ4v) is 6.23. The van der Waals surface area contributed by atoms with Gasteiger partial charge in [0, 0.05) is 23.0 Å². The lowest BCUT2D eigenvalue weighted by molar-refractivity contribution is -0.125. The van der Waals surface area contributed by atoms with E-state index in [1.165, 1.54) is 11.8 Å². The summed E-state index contributed by atoms with van der Waals surface area (Å²) in [4.78, 5) is 45.5. The zero-order chi connectivity index (χ0) is 22.1. The van der Waals surface area contributed by atoms with Crippen molar-refractivity contribution in [1.82, 2.24) is 0 Å². The van der Waals surface area contributed by atoms with Crippen molar-refractivity contribution in [2.75, 3.05) is 12.0 Å². The first-order chi connectivity index (χ1) is 15.5. The van der Waals surface area contributed by atoms with Gasteiger partial charge in [-0.15, -0.1) is 0 Å². The monoisotopic (exact) mass is 430 g/mol. The summed E-state index contributed by atoms with van der Waals surface area (Å²) in [5.41, 5.74) is 2.88. The van der Waals surface area contributed by atoms with Crippen molar-refractivity contribution in [2.45, 2.75) is 19.4 Å². The fourth-order valence-electron chi connectivity index (χ4n) is 6.23. The van der Waals surface area contributed by atoms with Gasteiger partial charge in [0.2, 0.25) is 11.8 Å². The third-order valence-corrected chi connectivity index (χ3v) is 7.61. The molecular formula is C25H22N2O5. The topological polar surface area (TPSA) is 85.3 Å². The second-order valence-corrected chi connectivity index (χ2v) is 9.03. The van der Waals surface area contributed by atoms with E-state index in [9.17, 15) is 14.4 Å². The van der Waals surface area contributed by atoms with Crippen LogP contribution < -0.4 is 9.64 Å². The molecule has 2 aromatic carbocycles. The van der Waals surface area contributed by atoms with Gasteiger partial charge < -0.3 is 9.57 Å². The number of nitrogens with zero attached hydrogens (tertiary/aromatic N) is 2. The normalized spacial score (nSPS) is 31.9. The minimum atomic E-state index is -0.369. The molecular weight excluding hydrogens is 408 g/mol. The average Bonchev–Trinajstić information content (AvgIpc) is 3.54. The molecule has 0 N–H and O–H groups in total. The van der Waals surface area contributed by atoms with Crippen LogP contribution in [-0.2, 0) is 14.4 Å². The van der Waals surface area contributed by atoms with Gasteiger partial charge >= 0.3 is 0 Å². The maximum Gasteiger partial charge on any atom is 0.238 e. The number of methoxy groups -OCH3 is 1. The molecule has 0 radical (unpaired) electrons. The van der Waals surface area contributed by atoms with E-state index >= 15 is 0 Å². The molecule has 3 fully saturated rings. The number of oxime groups is 1. The highest BCUT2D eigenvalue weighted by atomic mass is 16.6. The number of rotatable bonds is 4. The van der Waals surface area contributed by atoms with Crippen LogP contribution in [0.3, 0.4) is 0 Å². The van der Waals surface area contributed by atoms with Crippen LogP contribution in [0.2, 0.25) is 0 Å². The second-order valence-electron chi connectivity index (χ2n) is 9.03. The maximum absolute atomic E-state index is 13.5. The number of amides is 2. The van der Waals surface area contributed by atoms with Crippen molar-refractivity contribution < 1.29 is 24.0 Å². The van der Waals surface area contributed by atoms with Crippen molar-refractivity contribution in [3.8, 4) is 5.75 Å². The standard InChI is InChI=1S/C25H22N2O5/c1-12(28)13-3-7-15(8-4-13)27-24(29)19-17-11-18(20(19)25(27)30)23-21(17)22(26-32-23)14-5-9-16(31-2)10-6-14/h3-10,17-21,23H,11H2,1-2H3/t17-,18+,19-,20+,21+,23+/m1/s1. The van der Waals surface area contributed by atoms with Crippen LogP contribution in [0.25, 0.3) is 0 Å². The first-order valence-corrected chi connectivity index (χ1v) is 10.9. The molecule has 1 saturated heterocycles. The molecule has 0 spiro atoms. The molecule has 0 unspecified atom stereocenters. The number of Topliss-reactive ketones (excluding diaryl/α,β-unsaturated/α-hetero) is 1. The highest BCUT2D eigenvalue weighted by molar-refractivity contribution is 6.23. The van der Waals surface area contributed by atoms with Crippen LogP contribution >= 0.6 is 0 Å². The summed E-state index contributed by atoms with van der Waals surface area (Å²) in [6, 6.07) is 14.4. The molecule has 2 bridgehead atoms. The Kier molecular flexibility index (Phi) is 4.06. The number of hydrogen-bond donors (Lipinski definition) is 0. The molecule has 2 aliphatic heterocycles. The van der Waals surface area contributed by atoms with E-state index in [0.29, 0.717) is 11.3 Å². The molecule has 6 atom stereocenters. The number of fused-ring (bicyclic) bond motifs is 8. The summed E-state index contributed by atoms with van der Waals surface area (Å²) in [5, 5.41) is 4.38. The van der Waals surface area contributed by atoms with Gasteiger partial charge in [-0.1, -0.05) is 5.16 Å². The third-order valence-electron chi connectivity index (χ3n) is 7.61. The Morgan fingerprint density at radius 1 is 0.969 bits per heavy atom. The first kappa shape index (κ1) is 19.2. The van der Waals surface area contributed by atoms with Crippen molar-refractivity contribution in [3.63, 3.8) is 0 Å². The van der Waals surface area contributed by atoms with Gasteiger partial charge in [-0.2, -0.15) is 0 Å². The van der Waals surface area contributed by atoms with Crippen molar-refractivity contribution >= 4 is 29.0 Å². The quantitative estimate of drug-likeness (QED) is 0.550. The molecule has 2 amide bonds. The third kappa shape index (κ3) is 2.48. The molecule has 2 heterocycles. The molecule has 6 rings (SSSR count). The van der Waals surface area contributed by atoms with Gasteiger partial charge in [-0.05, 0) is 67.8 Å². The maximum atomic E-state index is 13.5. The summed E-state index contributed by atoms with van der Waals surface area (Å²) in [5.74, 6) is -0.319. The van der Waals surface area contributed by atoms with E-state index in [0.717, 1.165) is 23.4 Å². The summed E-state index contributed by atoms with van der Waals surface area (Å²) in [7, 11) is 1.62. The van der Waals surface area contributed by atoms with Crippen LogP contribution in [-0.4, -0.2) is 36.5 Å². The van der Waals surface area contributed by atoms with Crippen LogP contribution in [0, 0.1) is 29.6 Å². The second kappa shape index (κ2) is 6.76. The van der Waals surface area contributed by atoms with Crippen LogP contribution in [0.15, 0.2) is 53.7 Å². The van der Waals surface area contributed by atoms with Gasteiger partial charge in [0.1, 0.15) is 11.9 Å². The molecule has 0 aromatic heterocycles. The predicted molar refractivity (Wildman–Crippen MR) is 115 cm³/mol. The highest BCUT2D eigenvalue weighted by Gasteiger charge is 2.70. The largest absolute Gasteiger partial charge is 0.497 e. The smallest absolute Gasteiger partial charge is 0.238 e. The Hall–Kier alpha value is -3.48. The van der Waals surface area contributed by atoms with Crippen LogP contribution in [0.4, 0.5) is 5.69 Å². The van der Waals surface area contributed by atoms with E-state index in [2.05, 4.69) is 5.16 Å². The number of anilines is 1. The predicted octanol–water partition coefficient (Wildman–Crippen LogP) is 3.07. The Morgan fingerprint density at radius 3 is 2.25 bits per heavy atom. The molecule has 4 aliphatic rings. The SMILES string of the molecule is COc1ccc(C2=NO[C@H]3[C@H]4C[C@@H]([C@@H]23)[C@H]2C(=O)N(c3ccc(C(C)=O)cc3)C(=O)[C@@H]42)cc1. The molecule has 7 nitrogen and oxygen atoms in total. The number of ether oxygens (including phenoxy) is 1. The Labute approximate surface area is 185 Å². The van der Waals surface area contributed by atoms with E-state index < -0.39 is 0 Å². The van der Waals surface area contributed by atoms with E-state index in [1.54, 1.807) is 31.4 Å². The Bertz CT molecular complexity index is 1170. The fraction of sp³-hybridized carbons (Fsp3) is 0.360. The number of carbonyl (C=O) groups is 3. The van der Waals surface area contributed by atoms with Crippen molar-refractivity contribution in [2.24, 2.45) is 34.7 Å². The lowest BCUT2D eigenvalue weighted by Gasteiger charge is -2.29. The van der Waals surface area contributed by atoms with Gasteiger partial charge in [-0.3, -0.25) is 19.3 Å². The van der Waals surface area contributed by atoms with E-state index in [-0.39, 0.29) is 53.3 Å². The van der Waals surface area contributed by atoms with Crippen LogP contribution in [0.5, 0.6) is 5.75 Å². The average molecular weight is 430 g/mol.